The Morgan fingerprint density at radius 3 is 1.57 bits per heavy atom. The molecule has 122 valence electrons. The molecule has 23 heavy (non-hydrogen) atoms. The van der Waals surface area contributed by atoms with E-state index in [0.29, 0.717) is 0 Å². The molecule has 0 saturated heterocycles. The second-order valence-electron chi connectivity index (χ2n) is 6.68. The van der Waals surface area contributed by atoms with Gasteiger partial charge in [0.05, 0.1) is 0 Å². The first-order chi connectivity index (χ1) is 11.3. The van der Waals surface area contributed by atoms with Crippen LogP contribution in [-0.4, -0.2) is 0 Å². The van der Waals surface area contributed by atoms with Crippen LogP contribution in [-0.2, 0) is 12.8 Å². The standard InChI is InChI=1S/C22H28O/c1-3-5-7-9-17-11-13-21-19(15-17)20-16-18(10-8-6-4-2)12-14-22(20)23-21/h11-16H,3-10H2,1-2H3. The van der Waals surface area contributed by atoms with Crippen molar-refractivity contribution in [1.82, 2.24) is 0 Å². The third-order valence-corrected chi connectivity index (χ3v) is 4.74. The number of hydrogen-bond acceptors (Lipinski definition) is 1. The maximum Gasteiger partial charge on any atom is 0.135 e. The normalized spacial score (nSPS) is 11.6. The van der Waals surface area contributed by atoms with E-state index in [9.17, 15) is 0 Å². The summed E-state index contributed by atoms with van der Waals surface area (Å²) in [6, 6.07) is 13.4. The summed E-state index contributed by atoms with van der Waals surface area (Å²) in [7, 11) is 0. The Bertz CT molecular complexity index is 702. The summed E-state index contributed by atoms with van der Waals surface area (Å²) in [4.78, 5) is 0. The van der Waals surface area contributed by atoms with Crippen molar-refractivity contribution in [3.63, 3.8) is 0 Å². The van der Waals surface area contributed by atoms with E-state index < -0.39 is 0 Å². The molecule has 2 aromatic carbocycles. The number of aryl methyl sites for hydroxylation is 2. The van der Waals surface area contributed by atoms with Crippen LogP contribution in [0.3, 0.4) is 0 Å². The third-order valence-electron chi connectivity index (χ3n) is 4.74. The molecule has 0 aliphatic carbocycles. The molecule has 3 rings (SSSR count). The molecule has 0 aliphatic heterocycles. The molecular weight excluding hydrogens is 280 g/mol. The summed E-state index contributed by atoms with van der Waals surface area (Å²) >= 11 is 0. The predicted molar refractivity (Wildman–Crippen MR) is 100 cm³/mol. The molecule has 0 saturated carbocycles. The Kier molecular flexibility index (Phi) is 5.38. The van der Waals surface area contributed by atoms with E-state index >= 15 is 0 Å². The maximum absolute atomic E-state index is 6.01. The van der Waals surface area contributed by atoms with E-state index in [-0.39, 0.29) is 0 Å². The zero-order valence-electron chi connectivity index (χ0n) is 14.5. The van der Waals surface area contributed by atoms with E-state index in [4.69, 9.17) is 4.42 Å². The summed E-state index contributed by atoms with van der Waals surface area (Å²) in [5, 5.41) is 2.57. The van der Waals surface area contributed by atoms with Crippen LogP contribution in [0.2, 0.25) is 0 Å². The quantitative estimate of drug-likeness (QED) is 0.406. The van der Waals surface area contributed by atoms with Gasteiger partial charge >= 0.3 is 0 Å². The topological polar surface area (TPSA) is 13.1 Å². The molecule has 0 amide bonds. The molecule has 1 aromatic heterocycles. The highest BCUT2D eigenvalue weighted by molar-refractivity contribution is 6.05. The summed E-state index contributed by atoms with van der Waals surface area (Å²) < 4.78 is 6.01. The van der Waals surface area contributed by atoms with Gasteiger partial charge in [-0.2, -0.15) is 0 Å². The fraction of sp³-hybridized carbons (Fsp3) is 0.455. The maximum atomic E-state index is 6.01. The highest BCUT2D eigenvalue weighted by Crippen LogP contribution is 2.31. The summed E-state index contributed by atoms with van der Waals surface area (Å²) in [5.74, 6) is 0. The van der Waals surface area contributed by atoms with E-state index in [1.54, 1.807) is 0 Å². The van der Waals surface area contributed by atoms with Gasteiger partial charge in [-0.25, -0.2) is 0 Å². The molecule has 0 fully saturated rings. The fourth-order valence-corrected chi connectivity index (χ4v) is 3.34. The monoisotopic (exact) mass is 308 g/mol. The minimum absolute atomic E-state index is 1.02. The van der Waals surface area contributed by atoms with Gasteiger partial charge in [-0.3, -0.25) is 0 Å². The van der Waals surface area contributed by atoms with Crippen LogP contribution in [0.1, 0.15) is 63.5 Å². The first kappa shape index (κ1) is 16.1. The van der Waals surface area contributed by atoms with Crippen molar-refractivity contribution in [1.29, 1.82) is 0 Å². The summed E-state index contributed by atoms with van der Waals surface area (Å²) in [6.45, 7) is 4.51. The van der Waals surface area contributed by atoms with Gasteiger partial charge in [-0.05, 0) is 61.1 Å². The van der Waals surface area contributed by atoms with Gasteiger partial charge in [0.1, 0.15) is 11.2 Å². The SMILES string of the molecule is CCCCCc1ccc2oc3ccc(CCCCC)cc3c2c1. The van der Waals surface area contributed by atoms with Gasteiger partial charge in [0.25, 0.3) is 0 Å². The van der Waals surface area contributed by atoms with Crippen LogP contribution in [0.25, 0.3) is 21.9 Å². The van der Waals surface area contributed by atoms with Crippen molar-refractivity contribution >= 4 is 21.9 Å². The van der Waals surface area contributed by atoms with E-state index in [2.05, 4.69) is 50.2 Å². The second kappa shape index (κ2) is 7.68. The van der Waals surface area contributed by atoms with E-state index in [1.807, 2.05) is 0 Å². The first-order valence-corrected chi connectivity index (χ1v) is 9.26. The molecule has 0 unspecified atom stereocenters. The van der Waals surface area contributed by atoms with Gasteiger partial charge in [-0.1, -0.05) is 51.7 Å². The number of unbranched alkanes of at least 4 members (excludes halogenated alkanes) is 4. The summed E-state index contributed by atoms with van der Waals surface area (Å²) in [6.07, 6.45) is 10.1. The lowest BCUT2D eigenvalue weighted by atomic mass is 10.0. The average molecular weight is 308 g/mol. The van der Waals surface area contributed by atoms with Gasteiger partial charge < -0.3 is 4.42 Å². The number of rotatable bonds is 8. The molecule has 0 spiro atoms. The Morgan fingerprint density at radius 1 is 0.652 bits per heavy atom. The lowest BCUT2D eigenvalue weighted by molar-refractivity contribution is 0.667. The zero-order chi connectivity index (χ0) is 16.1. The predicted octanol–water partition coefficient (Wildman–Crippen LogP) is 7.05. The van der Waals surface area contributed by atoms with Crippen LogP contribution < -0.4 is 0 Å². The van der Waals surface area contributed by atoms with Crippen LogP contribution in [0, 0.1) is 0 Å². The van der Waals surface area contributed by atoms with Crippen molar-refractivity contribution in [2.75, 3.05) is 0 Å². The first-order valence-electron chi connectivity index (χ1n) is 9.26. The van der Waals surface area contributed by atoms with E-state index in [0.717, 1.165) is 11.2 Å². The molecule has 1 heteroatoms. The Hall–Kier alpha value is -1.76. The van der Waals surface area contributed by atoms with Gasteiger partial charge in [0, 0.05) is 10.8 Å². The van der Waals surface area contributed by atoms with Gasteiger partial charge in [0.2, 0.25) is 0 Å². The average Bonchev–Trinajstić information content (AvgIpc) is 2.93. The molecule has 0 aliphatic rings. The number of furan rings is 1. The fourth-order valence-electron chi connectivity index (χ4n) is 3.34. The lowest BCUT2D eigenvalue weighted by Gasteiger charge is -2.02. The molecule has 0 N–H and O–H groups in total. The molecule has 3 aromatic rings. The second-order valence-corrected chi connectivity index (χ2v) is 6.68. The smallest absolute Gasteiger partial charge is 0.135 e. The Labute approximate surface area is 139 Å². The minimum Gasteiger partial charge on any atom is -0.456 e. The highest BCUT2D eigenvalue weighted by Gasteiger charge is 2.08. The highest BCUT2D eigenvalue weighted by atomic mass is 16.3. The Morgan fingerprint density at radius 2 is 1.13 bits per heavy atom. The van der Waals surface area contributed by atoms with Crippen molar-refractivity contribution in [2.24, 2.45) is 0 Å². The molecule has 1 heterocycles. The molecule has 0 bridgehead atoms. The minimum atomic E-state index is 1.02. The van der Waals surface area contributed by atoms with Crippen molar-refractivity contribution < 1.29 is 4.42 Å². The molecule has 0 atom stereocenters. The molecule has 1 nitrogen and oxygen atoms in total. The number of hydrogen-bond donors (Lipinski definition) is 0. The van der Waals surface area contributed by atoms with Crippen LogP contribution in [0.4, 0.5) is 0 Å². The van der Waals surface area contributed by atoms with Crippen molar-refractivity contribution in [3.8, 4) is 0 Å². The van der Waals surface area contributed by atoms with Crippen molar-refractivity contribution in [3.05, 3.63) is 47.5 Å². The van der Waals surface area contributed by atoms with Gasteiger partial charge in [-0.15, -0.1) is 0 Å². The Balaban J connectivity index is 1.89. The lowest BCUT2D eigenvalue weighted by Crippen LogP contribution is -1.86. The van der Waals surface area contributed by atoms with Crippen molar-refractivity contribution in [2.45, 2.75) is 65.2 Å². The summed E-state index contributed by atoms with van der Waals surface area (Å²) in [5.41, 5.74) is 4.91. The van der Waals surface area contributed by atoms with Crippen LogP contribution in [0.5, 0.6) is 0 Å². The van der Waals surface area contributed by atoms with Crippen LogP contribution >= 0.6 is 0 Å². The zero-order valence-corrected chi connectivity index (χ0v) is 14.5. The molecular formula is C22H28O. The van der Waals surface area contributed by atoms with Gasteiger partial charge in [0.15, 0.2) is 0 Å². The largest absolute Gasteiger partial charge is 0.456 e. The number of fused-ring (bicyclic) bond motifs is 3. The molecule has 0 radical (unpaired) electrons. The third kappa shape index (κ3) is 3.77. The number of benzene rings is 2. The van der Waals surface area contributed by atoms with E-state index in [1.165, 1.54) is 73.3 Å². The van der Waals surface area contributed by atoms with Crippen LogP contribution in [0.15, 0.2) is 40.8 Å².